The molecule has 0 saturated carbocycles. The number of hydrogen-bond acceptors (Lipinski definition) is 2. The number of benzene rings is 7. The fourth-order valence-electron chi connectivity index (χ4n) is 8.08. The van der Waals surface area contributed by atoms with Crippen LogP contribution in [-0.2, 0) is 0 Å². The van der Waals surface area contributed by atoms with Crippen molar-refractivity contribution in [2.24, 2.45) is 0 Å². The van der Waals surface area contributed by atoms with Crippen LogP contribution in [0, 0.1) is 0 Å². The molecule has 0 saturated heterocycles. The fourth-order valence-corrected chi connectivity index (χ4v) is 8.08. The molecule has 5 heteroatoms. The predicted molar refractivity (Wildman–Crippen MR) is 210 cm³/mol. The molecule has 11 aromatic rings. The molecular formula is C46H29N5. The van der Waals surface area contributed by atoms with Gasteiger partial charge in [0.05, 0.1) is 33.1 Å². The number of nitrogens with zero attached hydrogens (tertiary/aromatic N) is 5. The van der Waals surface area contributed by atoms with Crippen LogP contribution in [0.25, 0.3) is 94.1 Å². The van der Waals surface area contributed by atoms with E-state index in [9.17, 15) is 0 Å². The van der Waals surface area contributed by atoms with E-state index in [0.717, 1.165) is 45.0 Å². The van der Waals surface area contributed by atoms with Crippen LogP contribution in [0.1, 0.15) is 0 Å². The quantitative estimate of drug-likeness (QED) is 0.190. The van der Waals surface area contributed by atoms with Gasteiger partial charge in [-0.05, 0) is 48.5 Å². The van der Waals surface area contributed by atoms with E-state index in [-0.39, 0.29) is 0 Å². The third-order valence-corrected chi connectivity index (χ3v) is 10.3. The molecule has 0 unspecified atom stereocenters. The van der Waals surface area contributed by atoms with Gasteiger partial charge in [0.1, 0.15) is 11.6 Å². The molecule has 4 aromatic heterocycles. The summed E-state index contributed by atoms with van der Waals surface area (Å²) in [5.74, 6) is 2.32. The van der Waals surface area contributed by atoms with E-state index in [1.807, 2.05) is 18.2 Å². The maximum absolute atomic E-state index is 5.30. The van der Waals surface area contributed by atoms with E-state index in [0.29, 0.717) is 5.82 Å². The van der Waals surface area contributed by atoms with E-state index in [1.165, 1.54) is 43.4 Å². The average molecular weight is 652 g/mol. The van der Waals surface area contributed by atoms with Gasteiger partial charge in [-0.2, -0.15) is 0 Å². The predicted octanol–water partition coefficient (Wildman–Crippen LogP) is 11.4. The summed E-state index contributed by atoms with van der Waals surface area (Å²) in [6.45, 7) is 0. The number of para-hydroxylation sites is 5. The third kappa shape index (κ3) is 4.09. The summed E-state index contributed by atoms with van der Waals surface area (Å²) in [7, 11) is 0. The van der Waals surface area contributed by atoms with Crippen LogP contribution < -0.4 is 0 Å². The SMILES string of the molecule is c1ccc(-c2nc(-n3c4ccccc4c4ccccc43)cc(-n3c4ccccc4c4cc(-n5c6ccccc6c6ccccc65)ccc43)n2)cc1. The Morgan fingerprint density at radius 3 is 1.14 bits per heavy atom. The number of hydrogen-bond donors (Lipinski definition) is 0. The Bertz CT molecular complexity index is 3040. The summed E-state index contributed by atoms with van der Waals surface area (Å²) in [6.07, 6.45) is 0. The lowest BCUT2D eigenvalue weighted by atomic mass is 10.1. The van der Waals surface area contributed by atoms with Gasteiger partial charge in [0, 0.05) is 49.6 Å². The van der Waals surface area contributed by atoms with Gasteiger partial charge in [-0.3, -0.25) is 9.13 Å². The largest absolute Gasteiger partial charge is 0.309 e. The van der Waals surface area contributed by atoms with Crippen LogP contribution in [0.2, 0.25) is 0 Å². The monoisotopic (exact) mass is 651 g/mol. The zero-order valence-electron chi connectivity index (χ0n) is 27.5. The lowest BCUT2D eigenvalue weighted by Gasteiger charge is -2.14. The molecule has 0 amide bonds. The zero-order valence-corrected chi connectivity index (χ0v) is 27.5. The zero-order chi connectivity index (χ0) is 33.5. The smallest absolute Gasteiger partial charge is 0.163 e. The van der Waals surface area contributed by atoms with E-state index >= 15 is 0 Å². The van der Waals surface area contributed by atoms with Crippen molar-refractivity contribution in [1.29, 1.82) is 0 Å². The van der Waals surface area contributed by atoms with Crippen molar-refractivity contribution >= 4 is 65.4 Å². The Kier molecular flexibility index (Phi) is 5.89. The second kappa shape index (κ2) is 10.8. The van der Waals surface area contributed by atoms with Crippen LogP contribution >= 0.6 is 0 Å². The van der Waals surface area contributed by atoms with Crippen molar-refractivity contribution in [2.75, 3.05) is 0 Å². The molecule has 0 aliphatic heterocycles. The maximum atomic E-state index is 5.30. The number of aromatic nitrogens is 5. The molecule has 238 valence electrons. The second-order valence-corrected chi connectivity index (χ2v) is 13.1. The van der Waals surface area contributed by atoms with Gasteiger partial charge < -0.3 is 4.57 Å². The van der Waals surface area contributed by atoms with E-state index < -0.39 is 0 Å². The van der Waals surface area contributed by atoms with E-state index in [1.54, 1.807) is 0 Å². The molecule has 51 heavy (non-hydrogen) atoms. The summed E-state index contributed by atoms with van der Waals surface area (Å²) in [6, 6.07) is 62.4. The normalized spacial score (nSPS) is 11.9. The van der Waals surface area contributed by atoms with Gasteiger partial charge in [0.25, 0.3) is 0 Å². The molecule has 0 fully saturated rings. The molecule has 7 aromatic carbocycles. The van der Waals surface area contributed by atoms with Crippen LogP contribution in [-0.4, -0.2) is 23.7 Å². The molecule has 11 rings (SSSR count). The summed E-state index contributed by atoms with van der Waals surface area (Å²) < 4.78 is 6.96. The van der Waals surface area contributed by atoms with Crippen LogP contribution in [0.4, 0.5) is 0 Å². The lowest BCUT2D eigenvalue weighted by Crippen LogP contribution is -2.06. The molecule has 5 nitrogen and oxygen atoms in total. The maximum Gasteiger partial charge on any atom is 0.163 e. The Hall–Kier alpha value is -6.98. The first kappa shape index (κ1) is 27.9. The highest BCUT2D eigenvalue weighted by molar-refractivity contribution is 6.12. The minimum atomic E-state index is 0.679. The third-order valence-electron chi connectivity index (χ3n) is 10.3. The van der Waals surface area contributed by atoms with Gasteiger partial charge in [-0.1, -0.05) is 121 Å². The van der Waals surface area contributed by atoms with Gasteiger partial charge in [-0.25, -0.2) is 9.97 Å². The van der Waals surface area contributed by atoms with Crippen molar-refractivity contribution < 1.29 is 0 Å². The molecule has 0 bridgehead atoms. The first-order chi connectivity index (χ1) is 25.3. The van der Waals surface area contributed by atoms with Crippen molar-refractivity contribution in [3.63, 3.8) is 0 Å². The van der Waals surface area contributed by atoms with E-state index in [4.69, 9.17) is 9.97 Å². The Morgan fingerprint density at radius 2 is 0.667 bits per heavy atom. The fraction of sp³-hybridized carbons (Fsp3) is 0. The molecular weight excluding hydrogens is 623 g/mol. The first-order valence-corrected chi connectivity index (χ1v) is 17.3. The summed E-state index contributed by atoms with van der Waals surface area (Å²) in [5, 5.41) is 7.25. The van der Waals surface area contributed by atoms with Gasteiger partial charge in [-0.15, -0.1) is 0 Å². The van der Waals surface area contributed by atoms with E-state index in [2.05, 4.69) is 171 Å². The standard InChI is InChI=1S/C46H29N5/c1-2-14-30(15-3-1)46-47-44(50-40-23-11-6-18-34(40)35-19-7-12-24-41(35)50)29-45(48-46)51-42-25-13-8-20-36(42)37-28-31(26-27-43(37)51)49-38-21-9-4-16-32(38)33-17-5-10-22-39(33)49/h1-29H. The number of rotatable bonds is 4. The lowest BCUT2D eigenvalue weighted by molar-refractivity contribution is 0.994. The average Bonchev–Trinajstić information content (AvgIpc) is 3.84. The topological polar surface area (TPSA) is 40.6 Å². The van der Waals surface area contributed by atoms with Gasteiger partial charge in [0.15, 0.2) is 5.82 Å². The van der Waals surface area contributed by atoms with Crippen molar-refractivity contribution in [3.05, 3.63) is 176 Å². The van der Waals surface area contributed by atoms with Crippen LogP contribution in [0.15, 0.2) is 176 Å². The van der Waals surface area contributed by atoms with Gasteiger partial charge in [0.2, 0.25) is 0 Å². The molecule has 0 N–H and O–H groups in total. The Balaban J connectivity index is 1.21. The minimum absolute atomic E-state index is 0.679. The summed E-state index contributed by atoms with van der Waals surface area (Å²) in [4.78, 5) is 10.6. The molecule has 0 atom stereocenters. The second-order valence-electron chi connectivity index (χ2n) is 13.1. The first-order valence-electron chi connectivity index (χ1n) is 17.3. The molecule has 0 aliphatic rings. The molecule has 4 heterocycles. The minimum Gasteiger partial charge on any atom is -0.309 e. The van der Waals surface area contributed by atoms with Crippen molar-refractivity contribution in [1.82, 2.24) is 23.7 Å². The highest BCUT2D eigenvalue weighted by Crippen LogP contribution is 2.38. The highest BCUT2D eigenvalue weighted by atomic mass is 15.1. The molecule has 0 spiro atoms. The molecule has 0 aliphatic carbocycles. The number of fused-ring (bicyclic) bond motifs is 9. The van der Waals surface area contributed by atoms with Crippen LogP contribution in [0.5, 0.6) is 0 Å². The Morgan fingerprint density at radius 1 is 0.294 bits per heavy atom. The summed E-state index contributed by atoms with van der Waals surface area (Å²) in [5.41, 5.74) is 8.89. The highest BCUT2D eigenvalue weighted by Gasteiger charge is 2.20. The van der Waals surface area contributed by atoms with Crippen LogP contribution in [0.3, 0.4) is 0 Å². The summed E-state index contributed by atoms with van der Waals surface area (Å²) >= 11 is 0. The van der Waals surface area contributed by atoms with Crippen molar-refractivity contribution in [3.8, 4) is 28.7 Å². The van der Waals surface area contributed by atoms with Gasteiger partial charge >= 0.3 is 0 Å². The van der Waals surface area contributed by atoms with Crippen molar-refractivity contribution in [2.45, 2.75) is 0 Å². The molecule has 0 radical (unpaired) electrons. The Labute approximate surface area is 292 Å².